The van der Waals surface area contributed by atoms with E-state index in [2.05, 4.69) is 16.9 Å². The van der Waals surface area contributed by atoms with Gasteiger partial charge in [-0.2, -0.15) is 0 Å². The largest absolute Gasteiger partial charge is 0.861 e. The minimum atomic E-state index is -0.192. The first-order valence-corrected chi connectivity index (χ1v) is 2.30. The monoisotopic (exact) mass is 113 g/mol. The SMILES string of the molecule is C=CN=C([O-])CNC. The van der Waals surface area contributed by atoms with E-state index in [1.807, 2.05) is 0 Å². The van der Waals surface area contributed by atoms with Crippen molar-refractivity contribution in [3.8, 4) is 0 Å². The molecule has 3 nitrogen and oxygen atoms in total. The lowest BCUT2D eigenvalue weighted by molar-refractivity contribution is -0.217. The molecule has 0 bridgehead atoms. The van der Waals surface area contributed by atoms with Gasteiger partial charge in [0.1, 0.15) is 0 Å². The molecule has 0 aromatic rings. The zero-order chi connectivity index (χ0) is 6.41. The molecule has 46 valence electrons. The number of hydrogen-bond donors (Lipinski definition) is 1. The Labute approximate surface area is 48.7 Å². The summed E-state index contributed by atoms with van der Waals surface area (Å²) in [7, 11) is 1.69. The van der Waals surface area contributed by atoms with Crippen LogP contribution in [0.25, 0.3) is 0 Å². The quantitative estimate of drug-likeness (QED) is 0.381. The van der Waals surface area contributed by atoms with Crippen LogP contribution in [-0.4, -0.2) is 19.5 Å². The van der Waals surface area contributed by atoms with Crippen molar-refractivity contribution in [3.05, 3.63) is 12.8 Å². The van der Waals surface area contributed by atoms with E-state index in [-0.39, 0.29) is 12.4 Å². The molecular formula is C5H9N2O-. The number of nitrogens with one attached hydrogen (secondary N) is 1. The number of likely N-dealkylation sites (N-methyl/N-ethyl adjacent to an activating group) is 1. The van der Waals surface area contributed by atoms with Gasteiger partial charge in [-0.1, -0.05) is 6.58 Å². The van der Waals surface area contributed by atoms with Gasteiger partial charge in [-0.05, 0) is 12.9 Å². The summed E-state index contributed by atoms with van der Waals surface area (Å²) in [5, 5.41) is 13.0. The topological polar surface area (TPSA) is 47.5 Å². The van der Waals surface area contributed by atoms with Gasteiger partial charge in [-0.15, -0.1) is 0 Å². The van der Waals surface area contributed by atoms with Crippen LogP contribution < -0.4 is 10.4 Å². The molecule has 0 amide bonds. The third kappa shape index (κ3) is 3.36. The van der Waals surface area contributed by atoms with Gasteiger partial charge in [0.15, 0.2) is 0 Å². The number of nitrogens with zero attached hydrogens (tertiary/aromatic N) is 1. The minimum Gasteiger partial charge on any atom is -0.861 e. The highest BCUT2D eigenvalue weighted by Gasteiger charge is 1.73. The van der Waals surface area contributed by atoms with Crippen LogP contribution in [0.1, 0.15) is 0 Å². The second kappa shape index (κ2) is 4.33. The smallest absolute Gasteiger partial charge is 0.0234 e. The summed E-state index contributed by atoms with van der Waals surface area (Å²) in [6.45, 7) is 3.55. The van der Waals surface area contributed by atoms with E-state index >= 15 is 0 Å². The molecular weight excluding hydrogens is 104 g/mol. The molecule has 8 heavy (non-hydrogen) atoms. The van der Waals surface area contributed by atoms with Crippen molar-refractivity contribution in [2.45, 2.75) is 0 Å². The second-order valence-electron chi connectivity index (χ2n) is 1.24. The fourth-order valence-electron chi connectivity index (χ4n) is 0.299. The normalized spacial score (nSPS) is 11.4. The minimum absolute atomic E-state index is 0.192. The van der Waals surface area contributed by atoms with Gasteiger partial charge in [0.2, 0.25) is 0 Å². The molecule has 1 N–H and O–H groups in total. The molecule has 3 heteroatoms. The van der Waals surface area contributed by atoms with Crippen LogP contribution in [0.15, 0.2) is 17.8 Å². The molecule has 0 aromatic heterocycles. The maximum absolute atomic E-state index is 10.3. The Morgan fingerprint density at radius 3 is 3.00 bits per heavy atom. The number of aliphatic imine (C=N–C) groups is 1. The van der Waals surface area contributed by atoms with Crippen LogP contribution in [0.3, 0.4) is 0 Å². The Bertz CT molecular complexity index is 98.6. The first-order chi connectivity index (χ1) is 3.81. The van der Waals surface area contributed by atoms with Crippen LogP contribution >= 0.6 is 0 Å². The van der Waals surface area contributed by atoms with Gasteiger partial charge >= 0.3 is 0 Å². The molecule has 0 aliphatic heterocycles. The maximum atomic E-state index is 10.3. The lowest BCUT2D eigenvalue weighted by atomic mass is 10.6. The number of hydrogen-bond acceptors (Lipinski definition) is 3. The standard InChI is InChI=1S/C5H10N2O/c1-3-7-5(8)4-6-2/h3,6H,1,4H2,2H3,(H,7,8)/p-1. The Morgan fingerprint density at radius 1 is 2.00 bits per heavy atom. The van der Waals surface area contributed by atoms with E-state index in [1.165, 1.54) is 6.20 Å². The van der Waals surface area contributed by atoms with Crippen LogP contribution in [0.4, 0.5) is 0 Å². The molecule has 0 aliphatic rings. The fourth-order valence-corrected chi connectivity index (χ4v) is 0.299. The highest BCUT2D eigenvalue weighted by atomic mass is 16.3. The Kier molecular flexibility index (Phi) is 3.88. The molecule has 0 atom stereocenters. The third-order valence-electron chi connectivity index (χ3n) is 0.563. The van der Waals surface area contributed by atoms with Crippen molar-refractivity contribution in [2.75, 3.05) is 13.6 Å². The summed E-state index contributed by atoms with van der Waals surface area (Å²) in [6, 6.07) is 0. The molecule has 0 spiro atoms. The average molecular weight is 113 g/mol. The van der Waals surface area contributed by atoms with E-state index in [4.69, 9.17) is 0 Å². The molecule has 0 heterocycles. The van der Waals surface area contributed by atoms with Gasteiger partial charge in [0, 0.05) is 12.7 Å². The molecule has 0 fully saturated rings. The van der Waals surface area contributed by atoms with Gasteiger partial charge in [0.25, 0.3) is 0 Å². The van der Waals surface area contributed by atoms with Crippen molar-refractivity contribution >= 4 is 5.90 Å². The predicted molar refractivity (Wildman–Crippen MR) is 31.6 cm³/mol. The third-order valence-corrected chi connectivity index (χ3v) is 0.563. The lowest BCUT2D eigenvalue weighted by Crippen LogP contribution is -2.29. The van der Waals surface area contributed by atoms with Crippen molar-refractivity contribution in [1.82, 2.24) is 5.32 Å². The molecule has 0 radical (unpaired) electrons. The predicted octanol–water partition coefficient (Wildman–Crippen LogP) is -0.892. The van der Waals surface area contributed by atoms with E-state index in [9.17, 15) is 5.11 Å². The second-order valence-corrected chi connectivity index (χ2v) is 1.24. The molecule has 0 saturated heterocycles. The van der Waals surface area contributed by atoms with Gasteiger partial charge in [-0.3, -0.25) is 4.99 Å². The number of rotatable bonds is 3. The van der Waals surface area contributed by atoms with Gasteiger partial charge in [-0.25, -0.2) is 0 Å². The maximum Gasteiger partial charge on any atom is 0.0234 e. The summed E-state index contributed by atoms with van der Waals surface area (Å²) >= 11 is 0. The highest BCUT2D eigenvalue weighted by Crippen LogP contribution is 1.66. The van der Waals surface area contributed by atoms with Crippen LogP contribution in [0, 0.1) is 0 Å². The van der Waals surface area contributed by atoms with Crippen molar-refractivity contribution in [3.63, 3.8) is 0 Å². The molecule has 0 aromatic carbocycles. The summed E-state index contributed by atoms with van der Waals surface area (Å²) in [5.41, 5.74) is 0. The first kappa shape index (κ1) is 7.17. The average Bonchev–Trinajstić information content (AvgIpc) is 1.68. The van der Waals surface area contributed by atoms with E-state index in [0.717, 1.165) is 0 Å². The zero-order valence-corrected chi connectivity index (χ0v) is 4.85. The van der Waals surface area contributed by atoms with Gasteiger partial charge < -0.3 is 10.4 Å². The molecule has 0 rings (SSSR count). The van der Waals surface area contributed by atoms with Crippen molar-refractivity contribution < 1.29 is 5.11 Å². The van der Waals surface area contributed by atoms with E-state index < -0.39 is 0 Å². The van der Waals surface area contributed by atoms with Gasteiger partial charge in [0.05, 0.1) is 0 Å². The first-order valence-electron chi connectivity index (χ1n) is 2.30. The fraction of sp³-hybridized carbons (Fsp3) is 0.400. The molecule has 0 unspecified atom stereocenters. The van der Waals surface area contributed by atoms with Crippen molar-refractivity contribution in [2.24, 2.45) is 4.99 Å². The van der Waals surface area contributed by atoms with Crippen molar-refractivity contribution in [1.29, 1.82) is 0 Å². The summed E-state index contributed by atoms with van der Waals surface area (Å²) in [5.74, 6) is -0.192. The summed E-state index contributed by atoms with van der Waals surface area (Å²) in [6.07, 6.45) is 1.24. The molecule has 0 aliphatic carbocycles. The Morgan fingerprint density at radius 2 is 2.62 bits per heavy atom. The Balaban J connectivity index is 3.44. The van der Waals surface area contributed by atoms with E-state index in [0.29, 0.717) is 0 Å². The highest BCUT2D eigenvalue weighted by molar-refractivity contribution is 5.74. The van der Waals surface area contributed by atoms with Crippen LogP contribution in [0.2, 0.25) is 0 Å². The van der Waals surface area contributed by atoms with Crippen LogP contribution in [-0.2, 0) is 0 Å². The zero-order valence-electron chi connectivity index (χ0n) is 4.85. The summed E-state index contributed by atoms with van der Waals surface area (Å²) < 4.78 is 0. The molecule has 0 saturated carbocycles. The van der Waals surface area contributed by atoms with E-state index in [1.54, 1.807) is 7.05 Å². The lowest BCUT2D eigenvalue weighted by Gasteiger charge is -2.05. The summed E-state index contributed by atoms with van der Waals surface area (Å²) in [4.78, 5) is 3.38. The Hall–Kier alpha value is -0.830. The van der Waals surface area contributed by atoms with Crippen LogP contribution in [0.5, 0.6) is 0 Å².